The minimum absolute atomic E-state index is 0.652. The Balaban J connectivity index is 2.02. The summed E-state index contributed by atoms with van der Waals surface area (Å²) in [5.74, 6) is 0. The first-order valence-electron chi connectivity index (χ1n) is 4.03. The summed E-state index contributed by atoms with van der Waals surface area (Å²) in [6.07, 6.45) is 9.19. The first-order chi connectivity index (χ1) is 4.50. The quantitative estimate of drug-likeness (QED) is 0.392. The molecule has 0 unspecified atom stereocenters. The van der Waals surface area contributed by atoms with E-state index < -0.39 is 0 Å². The van der Waals surface area contributed by atoms with Gasteiger partial charge in [-0.15, -0.1) is 0 Å². The number of rotatable bonds is 0. The van der Waals surface area contributed by atoms with Gasteiger partial charge >= 0.3 is 68.6 Å². The van der Waals surface area contributed by atoms with Crippen LogP contribution in [-0.2, 0) is 0 Å². The van der Waals surface area contributed by atoms with E-state index in [9.17, 15) is 0 Å². The SMILES string of the molecule is C1CCCC[I-]CCC1. The van der Waals surface area contributed by atoms with Gasteiger partial charge in [0, 0.05) is 0 Å². The fourth-order valence-corrected chi connectivity index (χ4v) is 3.88. The van der Waals surface area contributed by atoms with Crippen LogP contribution in [0.3, 0.4) is 0 Å². The Labute approximate surface area is 68.7 Å². The standard InChI is InChI=1S/C8H16I/c1-2-4-6-8-9-7-5-3-1/h1-8H2/q-1. The molecule has 1 fully saturated rings. The van der Waals surface area contributed by atoms with Crippen LogP contribution in [0.5, 0.6) is 0 Å². The van der Waals surface area contributed by atoms with Crippen LogP contribution in [0.1, 0.15) is 38.5 Å². The van der Waals surface area contributed by atoms with Crippen molar-refractivity contribution in [3.05, 3.63) is 0 Å². The third-order valence-corrected chi connectivity index (χ3v) is 4.84. The van der Waals surface area contributed by atoms with Crippen molar-refractivity contribution in [2.45, 2.75) is 38.5 Å². The van der Waals surface area contributed by atoms with Gasteiger partial charge in [0.25, 0.3) is 0 Å². The second-order valence-corrected chi connectivity index (χ2v) is 5.92. The van der Waals surface area contributed by atoms with E-state index in [2.05, 4.69) is 0 Å². The van der Waals surface area contributed by atoms with Gasteiger partial charge in [-0.05, 0) is 0 Å². The molecule has 0 atom stereocenters. The molecule has 56 valence electrons. The first-order valence-corrected chi connectivity index (χ1v) is 7.09. The van der Waals surface area contributed by atoms with E-state index in [0.717, 1.165) is 0 Å². The average Bonchev–Trinajstić information content (AvgIpc) is 2.00. The zero-order valence-electron chi connectivity index (χ0n) is 6.03. The molecule has 0 radical (unpaired) electrons. The van der Waals surface area contributed by atoms with Gasteiger partial charge in [0.05, 0.1) is 0 Å². The number of alkyl halides is 2. The third-order valence-electron chi connectivity index (χ3n) is 1.78. The van der Waals surface area contributed by atoms with Gasteiger partial charge in [-0.2, -0.15) is 0 Å². The maximum absolute atomic E-state index is 1.61. The molecular weight excluding hydrogens is 223 g/mol. The van der Waals surface area contributed by atoms with Gasteiger partial charge in [0.1, 0.15) is 0 Å². The molecule has 9 heavy (non-hydrogen) atoms. The van der Waals surface area contributed by atoms with Crippen molar-refractivity contribution in [2.75, 3.05) is 8.86 Å². The van der Waals surface area contributed by atoms with Crippen molar-refractivity contribution in [3.63, 3.8) is 0 Å². The third kappa shape index (κ3) is 4.18. The Hall–Kier alpha value is 0.730. The molecule has 0 saturated carbocycles. The molecule has 0 N–H and O–H groups in total. The summed E-state index contributed by atoms with van der Waals surface area (Å²) >= 11 is 0.652. The Kier molecular flexibility index (Phi) is 4.80. The van der Waals surface area contributed by atoms with Crippen LogP contribution in [0.15, 0.2) is 0 Å². The van der Waals surface area contributed by atoms with Crippen LogP contribution in [0, 0.1) is 0 Å². The van der Waals surface area contributed by atoms with E-state index in [4.69, 9.17) is 0 Å². The van der Waals surface area contributed by atoms with Crippen molar-refractivity contribution in [1.29, 1.82) is 0 Å². The molecule has 1 heteroatoms. The van der Waals surface area contributed by atoms with Crippen LogP contribution in [0.2, 0.25) is 0 Å². The summed E-state index contributed by atoms with van der Waals surface area (Å²) < 4.78 is 3.22. The van der Waals surface area contributed by atoms with Crippen LogP contribution in [-0.4, -0.2) is 8.86 Å². The van der Waals surface area contributed by atoms with Crippen molar-refractivity contribution < 1.29 is 21.2 Å². The first kappa shape index (κ1) is 7.83. The summed E-state index contributed by atoms with van der Waals surface area (Å²) in [5.41, 5.74) is 0. The van der Waals surface area contributed by atoms with Crippen LogP contribution in [0.4, 0.5) is 0 Å². The predicted octanol–water partition coefficient (Wildman–Crippen LogP) is -0.570. The van der Waals surface area contributed by atoms with E-state index in [0.29, 0.717) is 21.2 Å². The molecule has 0 spiro atoms. The van der Waals surface area contributed by atoms with E-state index in [1.807, 2.05) is 0 Å². The molecule has 1 saturated heterocycles. The normalized spacial score (nSPS) is 24.9. The maximum atomic E-state index is 1.61. The molecular formula is C8H16I-. The van der Waals surface area contributed by atoms with Crippen LogP contribution >= 0.6 is 0 Å². The molecule has 0 aromatic heterocycles. The second-order valence-electron chi connectivity index (χ2n) is 2.69. The molecule has 0 nitrogen and oxygen atoms in total. The van der Waals surface area contributed by atoms with E-state index in [1.54, 1.807) is 21.7 Å². The molecule has 0 aliphatic carbocycles. The van der Waals surface area contributed by atoms with Gasteiger partial charge < -0.3 is 0 Å². The van der Waals surface area contributed by atoms with Gasteiger partial charge in [0.2, 0.25) is 0 Å². The molecule has 0 amide bonds. The summed E-state index contributed by atoms with van der Waals surface area (Å²) in [4.78, 5) is 0. The van der Waals surface area contributed by atoms with E-state index in [1.165, 1.54) is 25.7 Å². The van der Waals surface area contributed by atoms with Crippen molar-refractivity contribution in [3.8, 4) is 0 Å². The summed E-state index contributed by atoms with van der Waals surface area (Å²) in [6, 6.07) is 0. The molecule has 0 aromatic carbocycles. The Morgan fingerprint density at radius 1 is 0.556 bits per heavy atom. The van der Waals surface area contributed by atoms with E-state index >= 15 is 0 Å². The zero-order chi connectivity index (χ0) is 6.36. The van der Waals surface area contributed by atoms with Crippen molar-refractivity contribution >= 4 is 0 Å². The van der Waals surface area contributed by atoms with Gasteiger partial charge in [-0.25, -0.2) is 0 Å². The number of hydrogen-bond acceptors (Lipinski definition) is 0. The molecule has 1 aliphatic heterocycles. The monoisotopic (exact) mass is 239 g/mol. The van der Waals surface area contributed by atoms with Crippen LogP contribution in [0.25, 0.3) is 0 Å². The van der Waals surface area contributed by atoms with E-state index in [-0.39, 0.29) is 0 Å². The van der Waals surface area contributed by atoms with Crippen LogP contribution < -0.4 is 21.2 Å². The topological polar surface area (TPSA) is 0 Å². The average molecular weight is 239 g/mol. The summed E-state index contributed by atoms with van der Waals surface area (Å²) in [5, 5.41) is 0. The van der Waals surface area contributed by atoms with Crippen molar-refractivity contribution in [1.82, 2.24) is 0 Å². The van der Waals surface area contributed by atoms with Gasteiger partial charge in [0.15, 0.2) is 0 Å². The fraction of sp³-hybridized carbons (Fsp3) is 1.00. The summed E-state index contributed by atoms with van der Waals surface area (Å²) in [6.45, 7) is 0. The molecule has 1 rings (SSSR count). The zero-order valence-corrected chi connectivity index (χ0v) is 8.19. The number of hydrogen-bond donors (Lipinski definition) is 0. The molecule has 0 aromatic rings. The molecule has 0 bridgehead atoms. The Morgan fingerprint density at radius 3 is 1.56 bits per heavy atom. The Bertz CT molecular complexity index is 33.1. The number of halogens is 1. The second kappa shape index (κ2) is 5.51. The fourth-order valence-electron chi connectivity index (χ4n) is 1.18. The van der Waals surface area contributed by atoms with Gasteiger partial charge in [-0.3, -0.25) is 0 Å². The summed E-state index contributed by atoms with van der Waals surface area (Å²) in [7, 11) is 0. The minimum atomic E-state index is 0.652. The Morgan fingerprint density at radius 2 is 1.00 bits per heavy atom. The molecule has 1 heterocycles. The van der Waals surface area contributed by atoms with Gasteiger partial charge in [-0.1, -0.05) is 0 Å². The predicted molar refractivity (Wildman–Crippen MR) is 37.4 cm³/mol. The molecule has 1 aliphatic rings. The van der Waals surface area contributed by atoms with Crippen molar-refractivity contribution in [2.24, 2.45) is 0 Å².